The van der Waals surface area contributed by atoms with Gasteiger partial charge in [-0.15, -0.1) is 0 Å². The van der Waals surface area contributed by atoms with E-state index in [1.807, 2.05) is 24.0 Å². The lowest BCUT2D eigenvalue weighted by molar-refractivity contribution is 0.734. The second kappa shape index (κ2) is 4.77. The Balaban J connectivity index is 1.76. The molecule has 0 saturated heterocycles. The number of fused-ring (bicyclic) bond motifs is 2. The van der Waals surface area contributed by atoms with Gasteiger partial charge in [0.2, 0.25) is 0 Å². The van der Waals surface area contributed by atoms with E-state index in [0.29, 0.717) is 6.04 Å². The largest absolute Gasteiger partial charge is 0.371 e. The molecule has 5 rings (SSSR count). The predicted octanol–water partition coefficient (Wildman–Crippen LogP) is 2.83. The maximum atomic E-state index is 4.60. The quantitative estimate of drug-likeness (QED) is 0.628. The van der Waals surface area contributed by atoms with Crippen molar-refractivity contribution in [3.05, 3.63) is 36.7 Å². The van der Waals surface area contributed by atoms with Crippen molar-refractivity contribution in [3.8, 4) is 11.1 Å². The molecular weight excluding hydrogens is 302 g/mol. The fraction of sp³-hybridized carbons (Fsp3) is 0.294. The monoisotopic (exact) mass is 319 g/mol. The molecule has 1 saturated carbocycles. The number of imidazole rings is 1. The lowest BCUT2D eigenvalue weighted by Gasteiger charge is -2.07. The summed E-state index contributed by atoms with van der Waals surface area (Å²) in [6, 6.07) is 4.81. The molecule has 4 aromatic rings. The Hall–Kier alpha value is -2.96. The van der Waals surface area contributed by atoms with Gasteiger partial charge in [-0.1, -0.05) is 0 Å². The van der Waals surface area contributed by atoms with Crippen LogP contribution in [0.25, 0.3) is 27.8 Å². The highest BCUT2D eigenvalue weighted by atomic mass is 15.2. The molecule has 24 heavy (non-hydrogen) atoms. The molecule has 1 N–H and O–H groups in total. The minimum Gasteiger partial charge on any atom is -0.371 e. The number of hydrogen-bond acceptors (Lipinski definition) is 5. The molecule has 1 aliphatic carbocycles. The second-order valence-electron chi connectivity index (χ2n) is 6.21. The van der Waals surface area contributed by atoms with Gasteiger partial charge in [-0.2, -0.15) is 5.10 Å². The molecule has 0 radical (unpaired) electrons. The van der Waals surface area contributed by atoms with Crippen LogP contribution in [0.2, 0.25) is 0 Å². The minimum absolute atomic E-state index is 0.578. The van der Waals surface area contributed by atoms with Crippen molar-refractivity contribution in [3.63, 3.8) is 0 Å². The highest BCUT2D eigenvalue weighted by Crippen LogP contribution is 2.39. The summed E-state index contributed by atoms with van der Waals surface area (Å²) < 4.78 is 4.15. The van der Waals surface area contributed by atoms with Gasteiger partial charge in [0.1, 0.15) is 17.7 Å². The zero-order valence-corrected chi connectivity index (χ0v) is 13.6. The predicted molar refractivity (Wildman–Crippen MR) is 92.1 cm³/mol. The van der Waals surface area contributed by atoms with Crippen LogP contribution in [-0.2, 0) is 0 Å². The zero-order chi connectivity index (χ0) is 16.3. The van der Waals surface area contributed by atoms with Gasteiger partial charge in [0.15, 0.2) is 11.5 Å². The Labute approximate surface area is 138 Å². The average molecular weight is 319 g/mol. The normalized spacial score (nSPS) is 14.6. The number of aryl methyl sites for hydroxylation is 1. The van der Waals surface area contributed by atoms with Crippen molar-refractivity contribution in [2.45, 2.75) is 25.8 Å². The topological polar surface area (TPSA) is 72.9 Å². The molecule has 4 aromatic heterocycles. The SMILES string of the molecule is CNc1ncnn2ccc(-c3cnc4nc(C)n(C5CC5)c4c3)c12. The van der Waals surface area contributed by atoms with Gasteiger partial charge in [-0.25, -0.2) is 19.5 Å². The molecule has 4 heterocycles. The maximum Gasteiger partial charge on any atom is 0.177 e. The van der Waals surface area contributed by atoms with Gasteiger partial charge in [0.25, 0.3) is 0 Å². The molecule has 0 aliphatic heterocycles. The molecule has 0 aromatic carbocycles. The number of hydrogen-bond donors (Lipinski definition) is 1. The first-order valence-electron chi connectivity index (χ1n) is 8.11. The summed E-state index contributed by atoms with van der Waals surface area (Å²) in [4.78, 5) is 13.5. The summed E-state index contributed by atoms with van der Waals surface area (Å²) in [6.45, 7) is 2.06. The first-order valence-corrected chi connectivity index (χ1v) is 8.11. The summed E-state index contributed by atoms with van der Waals surface area (Å²) in [5, 5.41) is 7.42. The highest BCUT2D eigenvalue weighted by Gasteiger charge is 2.27. The third-order valence-corrected chi connectivity index (χ3v) is 4.64. The second-order valence-corrected chi connectivity index (χ2v) is 6.21. The van der Waals surface area contributed by atoms with E-state index in [2.05, 4.69) is 49.0 Å². The van der Waals surface area contributed by atoms with Gasteiger partial charge in [0, 0.05) is 36.6 Å². The van der Waals surface area contributed by atoms with Crippen LogP contribution in [0.4, 0.5) is 5.82 Å². The number of pyridine rings is 1. The van der Waals surface area contributed by atoms with E-state index in [9.17, 15) is 0 Å². The summed E-state index contributed by atoms with van der Waals surface area (Å²) in [7, 11) is 1.87. The first-order chi connectivity index (χ1) is 11.8. The number of anilines is 1. The summed E-state index contributed by atoms with van der Waals surface area (Å²) in [5.41, 5.74) is 5.00. The third-order valence-electron chi connectivity index (χ3n) is 4.64. The Kier molecular flexibility index (Phi) is 2.68. The molecule has 0 bridgehead atoms. The molecule has 0 amide bonds. The smallest absolute Gasteiger partial charge is 0.177 e. The van der Waals surface area contributed by atoms with Crippen molar-refractivity contribution in [2.24, 2.45) is 0 Å². The number of nitrogens with zero attached hydrogens (tertiary/aromatic N) is 6. The number of rotatable bonds is 3. The van der Waals surface area contributed by atoms with Gasteiger partial charge < -0.3 is 9.88 Å². The van der Waals surface area contributed by atoms with Gasteiger partial charge in [0.05, 0.1) is 5.52 Å². The fourth-order valence-corrected chi connectivity index (χ4v) is 3.40. The van der Waals surface area contributed by atoms with Gasteiger partial charge >= 0.3 is 0 Å². The van der Waals surface area contributed by atoms with Crippen molar-refractivity contribution in [1.29, 1.82) is 0 Å². The van der Waals surface area contributed by atoms with Crippen molar-refractivity contribution in [2.75, 3.05) is 12.4 Å². The molecule has 7 nitrogen and oxygen atoms in total. The molecule has 7 heteroatoms. The highest BCUT2D eigenvalue weighted by molar-refractivity contribution is 5.90. The lowest BCUT2D eigenvalue weighted by Crippen LogP contribution is -1.99. The van der Waals surface area contributed by atoms with Gasteiger partial charge in [-0.3, -0.25) is 0 Å². The van der Waals surface area contributed by atoms with E-state index in [1.165, 1.54) is 12.8 Å². The minimum atomic E-state index is 0.578. The third kappa shape index (κ3) is 1.84. The molecule has 1 fully saturated rings. The van der Waals surface area contributed by atoms with E-state index < -0.39 is 0 Å². The van der Waals surface area contributed by atoms with E-state index in [4.69, 9.17) is 0 Å². The standard InChI is InChI=1S/C17H17N7/c1-10-22-16-14(24(10)12-3-4-12)7-11(8-19-16)13-5-6-23-15(13)17(18-2)20-9-21-23/h5-9,12H,3-4H2,1-2H3,(H,18,20,21). The Morgan fingerprint density at radius 1 is 1.25 bits per heavy atom. The molecule has 0 unspecified atom stereocenters. The van der Waals surface area contributed by atoms with Crippen LogP contribution in [-0.4, -0.2) is 36.2 Å². The van der Waals surface area contributed by atoms with E-state index >= 15 is 0 Å². The van der Waals surface area contributed by atoms with E-state index in [0.717, 1.165) is 39.4 Å². The maximum absolute atomic E-state index is 4.60. The number of nitrogens with one attached hydrogen (secondary N) is 1. The summed E-state index contributed by atoms with van der Waals surface area (Å²) >= 11 is 0. The first kappa shape index (κ1) is 13.5. The summed E-state index contributed by atoms with van der Waals surface area (Å²) in [6.07, 6.45) is 7.83. The average Bonchev–Trinajstić information content (AvgIpc) is 3.24. The van der Waals surface area contributed by atoms with Crippen LogP contribution < -0.4 is 5.32 Å². The van der Waals surface area contributed by atoms with Crippen molar-refractivity contribution < 1.29 is 0 Å². The lowest BCUT2D eigenvalue weighted by atomic mass is 10.1. The molecule has 1 aliphatic rings. The van der Waals surface area contributed by atoms with E-state index in [1.54, 1.807) is 6.33 Å². The van der Waals surface area contributed by atoms with Gasteiger partial charge in [-0.05, 0) is 31.9 Å². The Bertz CT molecular complexity index is 1070. The van der Waals surface area contributed by atoms with Crippen LogP contribution in [0.15, 0.2) is 30.9 Å². The molecule has 120 valence electrons. The Morgan fingerprint density at radius 3 is 2.92 bits per heavy atom. The van der Waals surface area contributed by atoms with Crippen molar-refractivity contribution >= 4 is 22.5 Å². The zero-order valence-electron chi connectivity index (χ0n) is 13.6. The fourth-order valence-electron chi connectivity index (χ4n) is 3.40. The van der Waals surface area contributed by atoms with Crippen LogP contribution in [0.5, 0.6) is 0 Å². The Morgan fingerprint density at radius 2 is 2.12 bits per heavy atom. The van der Waals surface area contributed by atoms with E-state index in [-0.39, 0.29) is 0 Å². The van der Waals surface area contributed by atoms with Crippen LogP contribution in [0.3, 0.4) is 0 Å². The molecule has 0 spiro atoms. The van der Waals surface area contributed by atoms with Crippen molar-refractivity contribution in [1.82, 2.24) is 29.1 Å². The van der Waals surface area contributed by atoms with Crippen LogP contribution in [0, 0.1) is 6.92 Å². The van der Waals surface area contributed by atoms with Crippen LogP contribution in [0.1, 0.15) is 24.7 Å². The number of aromatic nitrogens is 6. The molecule has 0 atom stereocenters. The molecular formula is C17H17N7. The van der Waals surface area contributed by atoms with Crippen LogP contribution >= 0.6 is 0 Å². The summed E-state index contributed by atoms with van der Waals surface area (Å²) in [5.74, 6) is 1.84.